The van der Waals surface area contributed by atoms with Gasteiger partial charge in [0, 0.05) is 27.8 Å². The number of rotatable bonds is 6. The Morgan fingerprint density at radius 3 is 2.32 bits per heavy atom. The summed E-state index contributed by atoms with van der Waals surface area (Å²) in [7, 11) is 0. The molecule has 0 radical (unpaired) electrons. The van der Waals surface area contributed by atoms with Crippen LogP contribution in [0.25, 0.3) is 0 Å². The minimum atomic E-state index is -0.393. The maximum Gasteiger partial charge on any atom is 0.312 e. The molecule has 2 aromatic carbocycles. The number of carbonyl (C=O) groups is 2. The fraction of sp³-hybridized carbons (Fsp3) is 0.125. The molecular weight excluding hydrogens is 325 g/mol. The average Bonchev–Trinajstić information content (AvgIpc) is 2.47. The number of hydrogen-bond donors (Lipinski definition) is 1. The number of anilines is 1. The molecule has 0 saturated carbocycles. The van der Waals surface area contributed by atoms with Crippen molar-refractivity contribution in [3.8, 4) is 5.75 Å². The van der Waals surface area contributed by atoms with Crippen molar-refractivity contribution >= 4 is 41.1 Å². The van der Waals surface area contributed by atoms with E-state index in [4.69, 9.17) is 27.9 Å². The maximum atomic E-state index is 11.7. The van der Waals surface area contributed by atoms with Crippen molar-refractivity contribution in [1.29, 1.82) is 0 Å². The number of ether oxygens (including phenoxy) is 1. The van der Waals surface area contributed by atoms with E-state index < -0.39 is 5.97 Å². The van der Waals surface area contributed by atoms with Crippen LogP contribution in [-0.4, -0.2) is 18.8 Å². The molecule has 0 fully saturated rings. The lowest BCUT2D eigenvalue weighted by Gasteiger charge is -2.07. The van der Waals surface area contributed by atoms with Crippen molar-refractivity contribution in [3.63, 3.8) is 0 Å². The van der Waals surface area contributed by atoms with Crippen LogP contribution in [0.4, 0.5) is 5.69 Å². The minimum absolute atomic E-state index is 0.180. The van der Waals surface area contributed by atoms with E-state index in [9.17, 15) is 9.59 Å². The molecule has 6 heteroatoms. The zero-order valence-corrected chi connectivity index (χ0v) is 13.0. The summed E-state index contributed by atoms with van der Waals surface area (Å²) in [6.45, 7) is 0.410. The topological polar surface area (TPSA) is 55.4 Å². The van der Waals surface area contributed by atoms with Crippen molar-refractivity contribution in [2.75, 3.05) is 11.9 Å². The molecule has 0 heterocycles. The highest BCUT2D eigenvalue weighted by Crippen LogP contribution is 2.24. The fourth-order valence-corrected chi connectivity index (χ4v) is 2.26. The Bertz CT molecular complexity index is 651. The van der Waals surface area contributed by atoms with Crippen LogP contribution >= 0.6 is 23.2 Å². The number of aldehydes is 1. The molecule has 0 amide bonds. The van der Waals surface area contributed by atoms with Gasteiger partial charge in [0.1, 0.15) is 12.0 Å². The Morgan fingerprint density at radius 1 is 1.09 bits per heavy atom. The predicted octanol–water partition coefficient (Wildman–Crippen LogP) is 4.21. The second-order valence-electron chi connectivity index (χ2n) is 4.50. The van der Waals surface area contributed by atoms with Crippen molar-refractivity contribution < 1.29 is 14.3 Å². The molecule has 0 atom stereocenters. The second-order valence-corrected chi connectivity index (χ2v) is 5.37. The molecule has 4 nitrogen and oxygen atoms in total. The zero-order valence-electron chi connectivity index (χ0n) is 11.5. The normalized spacial score (nSPS) is 10.1. The van der Waals surface area contributed by atoms with Gasteiger partial charge in [0.25, 0.3) is 0 Å². The first kappa shape index (κ1) is 16.3. The van der Waals surface area contributed by atoms with Gasteiger partial charge in [-0.25, -0.2) is 0 Å². The first-order valence-corrected chi connectivity index (χ1v) is 7.28. The molecule has 0 aliphatic heterocycles. The Labute approximate surface area is 138 Å². The van der Waals surface area contributed by atoms with E-state index in [1.807, 2.05) is 0 Å². The third kappa shape index (κ3) is 5.06. The SMILES string of the molecule is O=Cc1ccc(NCCC(=O)Oc2cc(Cl)cc(Cl)c2)cc1. The van der Waals surface area contributed by atoms with E-state index in [0.29, 0.717) is 27.9 Å². The van der Waals surface area contributed by atoms with Gasteiger partial charge in [0.2, 0.25) is 0 Å². The van der Waals surface area contributed by atoms with Crippen LogP contribution in [0.2, 0.25) is 10.0 Å². The van der Waals surface area contributed by atoms with Gasteiger partial charge in [-0.2, -0.15) is 0 Å². The summed E-state index contributed by atoms with van der Waals surface area (Å²) < 4.78 is 5.16. The zero-order chi connectivity index (χ0) is 15.9. The van der Waals surface area contributed by atoms with E-state index in [1.165, 1.54) is 12.1 Å². The van der Waals surface area contributed by atoms with E-state index in [0.717, 1.165) is 12.0 Å². The third-order valence-electron chi connectivity index (χ3n) is 2.77. The average molecular weight is 338 g/mol. The number of esters is 1. The van der Waals surface area contributed by atoms with Gasteiger partial charge in [-0.15, -0.1) is 0 Å². The first-order chi connectivity index (χ1) is 10.6. The lowest BCUT2D eigenvalue weighted by molar-refractivity contribution is -0.134. The molecule has 1 N–H and O–H groups in total. The molecule has 0 spiro atoms. The largest absolute Gasteiger partial charge is 0.426 e. The summed E-state index contributed by atoms with van der Waals surface area (Å²) in [5.41, 5.74) is 1.42. The van der Waals surface area contributed by atoms with E-state index in [2.05, 4.69) is 5.32 Å². The Kier molecular flexibility index (Phi) is 5.81. The number of hydrogen-bond acceptors (Lipinski definition) is 4. The molecular formula is C16H13Cl2NO3. The van der Waals surface area contributed by atoms with Gasteiger partial charge in [-0.3, -0.25) is 9.59 Å². The lowest BCUT2D eigenvalue weighted by Crippen LogP contribution is -2.13. The summed E-state index contributed by atoms with van der Waals surface area (Å²) in [5, 5.41) is 3.88. The number of benzene rings is 2. The molecule has 2 aromatic rings. The lowest BCUT2D eigenvalue weighted by atomic mass is 10.2. The van der Waals surface area contributed by atoms with Crippen molar-refractivity contribution in [2.24, 2.45) is 0 Å². The van der Waals surface area contributed by atoms with Gasteiger partial charge >= 0.3 is 5.97 Å². The van der Waals surface area contributed by atoms with Crippen LogP contribution in [0, 0.1) is 0 Å². The van der Waals surface area contributed by atoms with Gasteiger partial charge < -0.3 is 10.1 Å². The van der Waals surface area contributed by atoms with Crippen LogP contribution in [0.5, 0.6) is 5.75 Å². The summed E-state index contributed by atoms with van der Waals surface area (Å²) in [6, 6.07) is 11.5. The van der Waals surface area contributed by atoms with E-state index in [-0.39, 0.29) is 6.42 Å². The summed E-state index contributed by atoms with van der Waals surface area (Å²) >= 11 is 11.7. The highest BCUT2D eigenvalue weighted by Gasteiger charge is 2.06. The summed E-state index contributed by atoms with van der Waals surface area (Å²) in [6.07, 6.45) is 0.955. The van der Waals surface area contributed by atoms with Crippen molar-refractivity contribution in [1.82, 2.24) is 0 Å². The standard InChI is InChI=1S/C16H13Cl2NO3/c17-12-7-13(18)9-15(8-12)22-16(21)5-6-19-14-3-1-11(10-20)2-4-14/h1-4,7-10,19H,5-6H2. The molecule has 0 saturated heterocycles. The molecule has 0 aromatic heterocycles. The van der Waals surface area contributed by atoms with Gasteiger partial charge in [-0.05, 0) is 42.5 Å². The van der Waals surface area contributed by atoms with Crippen molar-refractivity contribution in [2.45, 2.75) is 6.42 Å². The number of halogens is 2. The quantitative estimate of drug-likeness (QED) is 0.487. The molecule has 0 aliphatic carbocycles. The van der Waals surface area contributed by atoms with Crippen molar-refractivity contribution in [3.05, 3.63) is 58.1 Å². The highest BCUT2D eigenvalue weighted by atomic mass is 35.5. The van der Waals surface area contributed by atoms with Crippen LogP contribution in [0.3, 0.4) is 0 Å². The smallest absolute Gasteiger partial charge is 0.312 e. The highest BCUT2D eigenvalue weighted by molar-refractivity contribution is 6.34. The minimum Gasteiger partial charge on any atom is -0.426 e. The Morgan fingerprint density at radius 2 is 1.73 bits per heavy atom. The maximum absolute atomic E-state index is 11.7. The second kappa shape index (κ2) is 7.82. The number of carbonyl (C=O) groups excluding carboxylic acids is 2. The molecule has 0 bridgehead atoms. The molecule has 0 unspecified atom stereocenters. The molecule has 2 rings (SSSR count). The Balaban J connectivity index is 1.80. The molecule has 0 aliphatic rings. The Hall–Kier alpha value is -2.04. The number of nitrogens with one attached hydrogen (secondary N) is 1. The summed E-state index contributed by atoms with van der Waals surface area (Å²) in [5.74, 6) is -0.0758. The first-order valence-electron chi connectivity index (χ1n) is 6.53. The summed E-state index contributed by atoms with van der Waals surface area (Å²) in [4.78, 5) is 22.3. The molecule has 22 heavy (non-hydrogen) atoms. The fourth-order valence-electron chi connectivity index (χ4n) is 1.76. The van der Waals surface area contributed by atoms with E-state index >= 15 is 0 Å². The predicted molar refractivity (Wildman–Crippen MR) is 87.0 cm³/mol. The van der Waals surface area contributed by atoms with Gasteiger partial charge in [0.15, 0.2) is 0 Å². The van der Waals surface area contributed by atoms with Crippen LogP contribution < -0.4 is 10.1 Å². The third-order valence-corrected chi connectivity index (χ3v) is 3.21. The van der Waals surface area contributed by atoms with Gasteiger partial charge in [0.05, 0.1) is 6.42 Å². The van der Waals surface area contributed by atoms with Crippen LogP contribution in [0.15, 0.2) is 42.5 Å². The van der Waals surface area contributed by atoms with E-state index in [1.54, 1.807) is 30.3 Å². The molecule has 114 valence electrons. The van der Waals surface area contributed by atoms with Crippen LogP contribution in [0.1, 0.15) is 16.8 Å². The van der Waals surface area contributed by atoms with Crippen LogP contribution in [-0.2, 0) is 4.79 Å². The monoisotopic (exact) mass is 337 g/mol. The van der Waals surface area contributed by atoms with Gasteiger partial charge in [-0.1, -0.05) is 23.2 Å².